The molecule has 1 N–H and O–H groups in total. The van der Waals surface area contributed by atoms with Crippen LogP contribution in [0.25, 0.3) is 0 Å². The quantitative estimate of drug-likeness (QED) is 0.784. The van der Waals surface area contributed by atoms with Gasteiger partial charge in [0.25, 0.3) is 0 Å². The van der Waals surface area contributed by atoms with E-state index in [4.69, 9.17) is 0 Å². The first-order valence-corrected chi connectivity index (χ1v) is 12.1. The van der Waals surface area contributed by atoms with Crippen molar-refractivity contribution in [1.82, 2.24) is 20.2 Å². The van der Waals surface area contributed by atoms with E-state index < -0.39 is 6.04 Å². The van der Waals surface area contributed by atoms with Crippen molar-refractivity contribution in [2.24, 2.45) is 29.1 Å². The van der Waals surface area contributed by atoms with Crippen LogP contribution in [0.5, 0.6) is 0 Å². The van der Waals surface area contributed by atoms with Gasteiger partial charge in [-0.05, 0) is 68.3 Å². The molecule has 0 spiro atoms. The van der Waals surface area contributed by atoms with E-state index >= 15 is 0 Å². The number of nitrogens with one attached hydrogen (secondary N) is 1. The van der Waals surface area contributed by atoms with E-state index in [1.165, 1.54) is 19.3 Å². The highest BCUT2D eigenvalue weighted by Crippen LogP contribution is 2.60. The van der Waals surface area contributed by atoms with Gasteiger partial charge < -0.3 is 15.1 Å². The molecular formula is C24H35N5O2. The Kier molecular flexibility index (Phi) is 5.39. The maximum Gasteiger partial charge on any atom is 0.245 e. The van der Waals surface area contributed by atoms with Gasteiger partial charge in [0.15, 0.2) is 0 Å². The molecule has 1 saturated heterocycles. The molecule has 5 aliphatic rings. The van der Waals surface area contributed by atoms with Crippen molar-refractivity contribution in [2.45, 2.75) is 58.4 Å². The molecule has 0 radical (unpaired) electrons. The van der Waals surface area contributed by atoms with Gasteiger partial charge in [-0.3, -0.25) is 9.59 Å². The highest BCUT2D eigenvalue weighted by molar-refractivity contribution is 5.90. The minimum absolute atomic E-state index is 0.0571. The number of anilines is 1. The van der Waals surface area contributed by atoms with Gasteiger partial charge in [-0.1, -0.05) is 13.8 Å². The molecule has 4 aliphatic carbocycles. The number of piperazine rings is 1. The van der Waals surface area contributed by atoms with Crippen molar-refractivity contribution in [3.63, 3.8) is 0 Å². The predicted molar refractivity (Wildman–Crippen MR) is 118 cm³/mol. The van der Waals surface area contributed by atoms with E-state index in [0.717, 1.165) is 37.0 Å². The third-order valence-corrected chi connectivity index (χ3v) is 8.17. The fourth-order valence-electron chi connectivity index (χ4n) is 6.97. The van der Waals surface area contributed by atoms with Gasteiger partial charge in [0, 0.05) is 44.0 Å². The number of hydrogen-bond donors (Lipinski definition) is 1. The van der Waals surface area contributed by atoms with Crippen molar-refractivity contribution in [2.75, 3.05) is 31.1 Å². The van der Waals surface area contributed by atoms with Crippen LogP contribution in [-0.2, 0) is 9.59 Å². The topological polar surface area (TPSA) is 78.4 Å². The third-order valence-electron chi connectivity index (χ3n) is 8.17. The molecule has 7 nitrogen and oxygen atoms in total. The van der Waals surface area contributed by atoms with Crippen molar-refractivity contribution in [3.05, 3.63) is 18.5 Å². The molecule has 4 bridgehead atoms. The summed E-state index contributed by atoms with van der Waals surface area (Å²) in [4.78, 5) is 39.6. The molecule has 2 heterocycles. The highest BCUT2D eigenvalue weighted by Gasteiger charge is 2.55. The van der Waals surface area contributed by atoms with Gasteiger partial charge in [0.1, 0.15) is 6.04 Å². The molecule has 2 amide bonds. The number of rotatable bonds is 5. The molecule has 7 heteroatoms. The number of nitrogens with zero attached hydrogens (tertiary/aromatic N) is 4. The largest absolute Gasteiger partial charge is 0.344 e. The van der Waals surface area contributed by atoms with Crippen LogP contribution >= 0.6 is 0 Å². The zero-order valence-electron chi connectivity index (χ0n) is 18.8. The van der Waals surface area contributed by atoms with Crippen molar-refractivity contribution in [1.29, 1.82) is 0 Å². The Labute approximate surface area is 185 Å². The average Bonchev–Trinajstić information content (AvgIpc) is 2.76. The van der Waals surface area contributed by atoms with E-state index in [1.54, 1.807) is 12.4 Å². The Morgan fingerprint density at radius 1 is 0.968 bits per heavy atom. The molecule has 1 aliphatic heterocycles. The lowest BCUT2D eigenvalue weighted by Crippen LogP contribution is -2.60. The summed E-state index contributed by atoms with van der Waals surface area (Å²) in [6.07, 6.45) is 10.5. The Balaban J connectivity index is 1.23. The predicted octanol–water partition coefficient (Wildman–Crippen LogP) is 2.48. The molecule has 1 aromatic heterocycles. The Morgan fingerprint density at radius 2 is 1.52 bits per heavy atom. The van der Waals surface area contributed by atoms with E-state index in [2.05, 4.69) is 20.2 Å². The minimum atomic E-state index is -0.444. The monoisotopic (exact) mass is 425 g/mol. The highest BCUT2D eigenvalue weighted by atomic mass is 16.2. The van der Waals surface area contributed by atoms with E-state index in [1.807, 2.05) is 24.8 Å². The zero-order chi connectivity index (χ0) is 21.6. The lowest BCUT2D eigenvalue weighted by atomic mass is 9.49. The summed E-state index contributed by atoms with van der Waals surface area (Å²) >= 11 is 0. The molecule has 5 fully saturated rings. The normalized spacial score (nSPS) is 32.9. The first kappa shape index (κ1) is 20.7. The summed E-state index contributed by atoms with van der Waals surface area (Å²) in [5, 5.41) is 3.25. The van der Waals surface area contributed by atoms with Gasteiger partial charge in [-0.25, -0.2) is 9.97 Å². The van der Waals surface area contributed by atoms with E-state index in [-0.39, 0.29) is 23.1 Å². The zero-order valence-corrected chi connectivity index (χ0v) is 18.8. The molecule has 1 atom stereocenters. The van der Waals surface area contributed by atoms with Gasteiger partial charge in [-0.2, -0.15) is 0 Å². The smallest absolute Gasteiger partial charge is 0.245 e. The second-order valence-corrected chi connectivity index (χ2v) is 10.8. The van der Waals surface area contributed by atoms with Crippen molar-refractivity contribution in [3.8, 4) is 0 Å². The van der Waals surface area contributed by atoms with Crippen LogP contribution in [-0.4, -0.2) is 58.9 Å². The molecule has 1 aromatic rings. The number of amides is 2. The van der Waals surface area contributed by atoms with Crippen LogP contribution in [0.1, 0.15) is 52.4 Å². The second kappa shape index (κ2) is 8.06. The number of carbonyl (C=O) groups is 2. The number of hydrogen-bond acceptors (Lipinski definition) is 5. The van der Waals surface area contributed by atoms with Gasteiger partial charge in [0.2, 0.25) is 17.8 Å². The van der Waals surface area contributed by atoms with Gasteiger partial charge in [0.05, 0.1) is 0 Å². The first-order valence-electron chi connectivity index (χ1n) is 12.1. The maximum atomic E-state index is 13.5. The van der Waals surface area contributed by atoms with Crippen molar-refractivity contribution >= 4 is 17.8 Å². The summed E-state index contributed by atoms with van der Waals surface area (Å²) in [7, 11) is 0. The fourth-order valence-corrected chi connectivity index (χ4v) is 6.97. The molecular weight excluding hydrogens is 390 g/mol. The lowest BCUT2D eigenvalue weighted by molar-refractivity contribution is -0.150. The standard InChI is InChI=1S/C24H35N5O2/c1-16(2)20(21(30)28-6-8-29(9-7-28)23-25-4-3-5-26-23)27-22(31)24-13-17-10-18(14-24)12-19(11-17)15-24/h3-5,16-20H,6-15H2,1-2H3,(H,27,31)/t17?,18?,19?,20-,24?/m1/s1. The molecule has 0 aromatic carbocycles. The minimum Gasteiger partial charge on any atom is -0.344 e. The summed E-state index contributed by atoms with van der Waals surface area (Å²) in [6, 6.07) is 1.36. The van der Waals surface area contributed by atoms with Crippen LogP contribution < -0.4 is 10.2 Å². The maximum absolute atomic E-state index is 13.5. The molecule has 31 heavy (non-hydrogen) atoms. The van der Waals surface area contributed by atoms with E-state index in [0.29, 0.717) is 32.1 Å². The SMILES string of the molecule is CC(C)[C@@H](NC(=O)C12CC3CC(CC(C3)C1)C2)C(=O)N1CCN(c2ncccn2)CC1. The molecule has 4 saturated carbocycles. The average molecular weight is 426 g/mol. The molecule has 0 unspecified atom stereocenters. The summed E-state index contributed by atoms with van der Waals surface area (Å²) < 4.78 is 0. The lowest BCUT2D eigenvalue weighted by Gasteiger charge is -2.56. The van der Waals surface area contributed by atoms with E-state index in [9.17, 15) is 9.59 Å². The third kappa shape index (κ3) is 3.92. The van der Waals surface area contributed by atoms with Crippen LogP contribution in [0.4, 0.5) is 5.95 Å². The Morgan fingerprint density at radius 3 is 2.03 bits per heavy atom. The van der Waals surface area contributed by atoms with Crippen LogP contribution in [0.3, 0.4) is 0 Å². The second-order valence-electron chi connectivity index (χ2n) is 10.8. The summed E-state index contributed by atoms with van der Waals surface area (Å²) in [6.45, 7) is 6.77. The Bertz CT molecular complexity index is 783. The fraction of sp³-hybridized carbons (Fsp3) is 0.750. The molecule has 168 valence electrons. The first-order chi connectivity index (χ1) is 14.9. The Hall–Kier alpha value is -2.18. The van der Waals surface area contributed by atoms with Crippen LogP contribution in [0.15, 0.2) is 18.5 Å². The number of aromatic nitrogens is 2. The van der Waals surface area contributed by atoms with Gasteiger partial charge in [-0.15, -0.1) is 0 Å². The number of carbonyl (C=O) groups excluding carboxylic acids is 2. The summed E-state index contributed by atoms with van der Waals surface area (Å²) in [5.74, 6) is 3.15. The summed E-state index contributed by atoms with van der Waals surface area (Å²) in [5.41, 5.74) is -0.217. The molecule has 6 rings (SSSR count). The van der Waals surface area contributed by atoms with Crippen LogP contribution in [0.2, 0.25) is 0 Å². The van der Waals surface area contributed by atoms with Crippen LogP contribution in [0, 0.1) is 29.1 Å². The van der Waals surface area contributed by atoms with Crippen molar-refractivity contribution < 1.29 is 9.59 Å². The van der Waals surface area contributed by atoms with Gasteiger partial charge >= 0.3 is 0 Å².